The first-order chi connectivity index (χ1) is 11.0. The molecule has 2 N–H and O–H groups in total. The zero-order chi connectivity index (χ0) is 16.8. The third kappa shape index (κ3) is 4.81. The number of nitro groups is 1. The van der Waals surface area contributed by atoms with Crippen LogP contribution in [0.25, 0.3) is 0 Å². The van der Waals surface area contributed by atoms with E-state index in [0.29, 0.717) is 11.6 Å². The maximum atomic E-state index is 11.9. The largest absolute Gasteiger partial charge is 0.376 e. The number of carbonyl (C=O) groups is 1. The van der Waals surface area contributed by atoms with E-state index in [1.165, 1.54) is 17.7 Å². The fourth-order valence-corrected chi connectivity index (χ4v) is 2.04. The number of non-ortho nitro benzene ring substituents is 1. The average Bonchev–Trinajstić information content (AvgIpc) is 2.54. The number of hydrogen-bond donors (Lipinski definition) is 2. The van der Waals surface area contributed by atoms with Gasteiger partial charge < -0.3 is 10.6 Å². The Balaban J connectivity index is 1.86. The molecule has 0 aliphatic heterocycles. The molecule has 0 radical (unpaired) electrons. The summed E-state index contributed by atoms with van der Waals surface area (Å²) in [7, 11) is 0. The number of amides is 1. The zero-order valence-corrected chi connectivity index (χ0v) is 13.1. The molecule has 0 aliphatic rings. The highest BCUT2D eigenvalue weighted by molar-refractivity contribution is 5.93. The van der Waals surface area contributed by atoms with Gasteiger partial charge >= 0.3 is 0 Å². The summed E-state index contributed by atoms with van der Waals surface area (Å²) in [5, 5.41) is 16.3. The zero-order valence-electron chi connectivity index (χ0n) is 13.1. The highest BCUT2D eigenvalue weighted by Gasteiger charge is 2.06. The quantitative estimate of drug-likeness (QED) is 0.628. The fraction of sp³-hybridized carbons (Fsp3) is 0.235. The van der Waals surface area contributed by atoms with E-state index in [1.54, 1.807) is 12.1 Å². The molecule has 0 heterocycles. The standard InChI is InChI=1S/C17H19N3O3/c1-12(2)13-3-5-15(6-4-13)19-17(21)11-18-14-7-9-16(10-8-14)20(22)23/h3-10,12,18H,11H2,1-2H3,(H,19,21). The summed E-state index contributed by atoms with van der Waals surface area (Å²) in [5.41, 5.74) is 2.63. The smallest absolute Gasteiger partial charge is 0.269 e. The lowest BCUT2D eigenvalue weighted by Gasteiger charge is -2.09. The molecule has 0 aliphatic carbocycles. The van der Waals surface area contributed by atoms with Crippen LogP contribution in [0.15, 0.2) is 48.5 Å². The minimum absolute atomic E-state index is 0.0187. The van der Waals surface area contributed by atoms with Crippen LogP contribution < -0.4 is 10.6 Å². The van der Waals surface area contributed by atoms with Gasteiger partial charge in [-0.2, -0.15) is 0 Å². The van der Waals surface area contributed by atoms with Crippen molar-refractivity contribution in [3.05, 3.63) is 64.2 Å². The highest BCUT2D eigenvalue weighted by atomic mass is 16.6. The monoisotopic (exact) mass is 313 g/mol. The van der Waals surface area contributed by atoms with Gasteiger partial charge in [-0.1, -0.05) is 26.0 Å². The molecule has 0 spiro atoms. The number of benzene rings is 2. The van der Waals surface area contributed by atoms with Crippen molar-refractivity contribution in [3.63, 3.8) is 0 Å². The summed E-state index contributed by atoms with van der Waals surface area (Å²) in [5.74, 6) is 0.268. The molecule has 2 aromatic rings. The van der Waals surface area contributed by atoms with Gasteiger partial charge in [0.15, 0.2) is 0 Å². The topological polar surface area (TPSA) is 84.3 Å². The fourth-order valence-electron chi connectivity index (χ4n) is 2.04. The molecule has 6 heteroatoms. The predicted octanol–water partition coefficient (Wildman–Crippen LogP) is 3.77. The van der Waals surface area contributed by atoms with Crippen molar-refractivity contribution in [1.82, 2.24) is 0 Å². The van der Waals surface area contributed by atoms with Crippen LogP contribution in [0.1, 0.15) is 25.3 Å². The number of hydrogen-bond acceptors (Lipinski definition) is 4. The van der Waals surface area contributed by atoms with Crippen molar-refractivity contribution in [2.45, 2.75) is 19.8 Å². The normalized spacial score (nSPS) is 10.4. The first-order valence-electron chi connectivity index (χ1n) is 7.34. The summed E-state index contributed by atoms with van der Waals surface area (Å²) in [4.78, 5) is 22.0. The third-order valence-corrected chi connectivity index (χ3v) is 3.39. The molecule has 23 heavy (non-hydrogen) atoms. The molecular weight excluding hydrogens is 294 g/mol. The molecule has 0 saturated heterocycles. The minimum atomic E-state index is -0.461. The van der Waals surface area contributed by atoms with E-state index in [2.05, 4.69) is 24.5 Å². The molecule has 0 bridgehead atoms. The minimum Gasteiger partial charge on any atom is -0.376 e. The molecule has 1 amide bonds. The van der Waals surface area contributed by atoms with Crippen LogP contribution in [-0.4, -0.2) is 17.4 Å². The van der Waals surface area contributed by atoms with Gasteiger partial charge in [-0.3, -0.25) is 14.9 Å². The lowest BCUT2D eigenvalue weighted by atomic mass is 10.0. The summed E-state index contributed by atoms with van der Waals surface area (Å²) in [6, 6.07) is 13.7. The van der Waals surface area contributed by atoms with E-state index in [0.717, 1.165) is 5.69 Å². The molecule has 2 rings (SSSR count). The maximum absolute atomic E-state index is 11.9. The van der Waals surface area contributed by atoms with Crippen molar-refractivity contribution in [2.75, 3.05) is 17.2 Å². The molecular formula is C17H19N3O3. The third-order valence-electron chi connectivity index (χ3n) is 3.39. The molecule has 0 atom stereocenters. The number of rotatable bonds is 6. The van der Waals surface area contributed by atoms with E-state index >= 15 is 0 Å². The van der Waals surface area contributed by atoms with Gasteiger partial charge in [0.05, 0.1) is 11.5 Å². The molecule has 120 valence electrons. The van der Waals surface area contributed by atoms with Crippen molar-refractivity contribution in [2.24, 2.45) is 0 Å². The van der Waals surface area contributed by atoms with Crippen LogP contribution in [0.4, 0.5) is 17.1 Å². The van der Waals surface area contributed by atoms with Crippen molar-refractivity contribution in [1.29, 1.82) is 0 Å². The van der Waals surface area contributed by atoms with Crippen LogP contribution >= 0.6 is 0 Å². The average molecular weight is 313 g/mol. The lowest BCUT2D eigenvalue weighted by molar-refractivity contribution is -0.384. The SMILES string of the molecule is CC(C)c1ccc(NC(=O)CNc2ccc([N+](=O)[O-])cc2)cc1. The molecule has 0 unspecified atom stereocenters. The Labute approximate surface area is 134 Å². The Morgan fingerprint density at radius 3 is 2.13 bits per heavy atom. The summed E-state index contributed by atoms with van der Waals surface area (Å²) in [6.07, 6.45) is 0. The van der Waals surface area contributed by atoms with Crippen LogP contribution in [0.5, 0.6) is 0 Å². The van der Waals surface area contributed by atoms with Gasteiger partial charge in [-0.05, 0) is 35.7 Å². The van der Waals surface area contributed by atoms with Crippen molar-refractivity contribution in [3.8, 4) is 0 Å². The Kier molecular flexibility index (Phi) is 5.30. The van der Waals surface area contributed by atoms with Crippen LogP contribution in [0, 0.1) is 10.1 Å². The maximum Gasteiger partial charge on any atom is 0.269 e. The first kappa shape index (κ1) is 16.5. The second-order valence-electron chi connectivity index (χ2n) is 5.48. The predicted molar refractivity (Wildman–Crippen MR) is 90.7 cm³/mol. The van der Waals surface area contributed by atoms with Gasteiger partial charge in [0.2, 0.25) is 5.91 Å². The van der Waals surface area contributed by atoms with E-state index in [9.17, 15) is 14.9 Å². The molecule has 0 aromatic heterocycles. The molecule has 6 nitrogen and oxygen atoms in total. The van der Waals surface area contributed by atoms with E-state index < -0.39 is 4.92 Å². The molecule has 0 fully saturated rings. The second-order valence-corrected chi connectivity index (χ2v) is 5.48. The number of nitrogens with one attached hydrogen (secondary N) is 2. The number of nitro benzene ring substituents is 1. The van der Waals surface area contributed by atoms with Crippen LogP contribution in [0.2, 0.25) is 0 Å². The molecule has 2 aromatic carbocycles. The highest BCUT2D eigenvalue weighted by Crippen LogP contribution is 2.17. The Morgan fingerprint density at radius 2 is 1.61 bits per heavy atom. The summed E-state index contributed by atoms with van der Waals surface area (Å²) < 4.78 is 0. The van der Waals surface area contributed by atoms with Crippen molar-refractivity contribution >= 4 is 23.0 Å². The van der Waals surface area contributed by atoms with Crippen LogP contribution in [0.3, 0.4) is 0 Å². The molecule has 0 saturated carbocycles. The van der Waals surface area contributed by atoms with Gasteiger partial charge in [-0.15, -0.1) is 0 Å². The van der Waals surface area contributed by atoms with Gasteiger partial charge in [0, 0.05) is 23.5 Å². The van der Waals surface area contributed by atoms with Gasteiger partial charge in [0.25, 0.3) is 5.69 Å². The lowest BCUT2D eigenvalue weighted by Crippen LogP contribution is -2.21. The Hall–Kier alpha value is -2.89. The Morgan fingerprint density at radius 1 is 1.04 bits per heavy atom. The van der Waals surface area contributed by atoms with Crippen LogP contribution in [-0.2, 0) is 4.79 Å². The Bertz CT molecular complexity index is 679. The number of nitrogens with zero attached hydrogens (tertiary/aromatic N) is 1. The van der Waals surface area contributed by atoms with Gasteiger partial charge in [-0.25, -0.2) is 0 Å². The van der Waals surface area contributed by atoms with E-state index in [4.69, 9.17) is 0 Å². The number of anilines is 2. The van der Waals surface area contributed by atoms with E-state index in [-0.39, 0.29) is 18.1 Å². The first-order valence-corrected chi connectivity index (χ1v) is 7.34. The summed E-state index contributed by atoms with van der Waals surface area (Å²) in [6.45, 7) is 4.31. The summed E-state index contributed by atoms with van der Waals surface area (Å²) >= 11 is 0. The van der Waals surface area contributed by atoms with Gasteiger partial charge in [0.1, 0.15) is 0 Å². The number of carbonyl (C=O) groups excluding carboxylic acids is 1. The van der Waals surface area contributed by atoms with Crippen molar-refractivity contribution < 1.29 is 9.72 Å². The van der Waals surface area contributed by atoms with E-state index in [1.807, 2.05) is 24.3 Å². The second kappa shape index (κ2) is 7.40.